The number of nitrogens with two attached hydrogens (primary N) is 1. The lowest BCUT2D eigenvalue weighted by Crippen LogP contribution is -2.12. The van der Waals surface area contributed by atoms with Gasteiger partial charge in [-0.3, -0.25) is 4.79 Å². The maximum atomic E-state index is 11.0. The molecule has 0 bridgehead atoms. The van der Waals surface area contributed by atoms with Crippen LogP contribution in [0.3, 0.4) is 0 Å². The molecule has 0 fully saturated rings. The molecule has 2 rings (SSSR count). The van der Waals surface area contributed by atoms with E-state index >= 15 is 0 Å². The van der Waals surface area contributed by atoms with Crippen molar-refractivity contribution in [3.05, 3.63) is 33.9 Å². The number of H-pyrrole nitrogens is 1. The summed E-state index contributed by atoms with van der Waals surface area (Å²) in [5, 5.41) is 1.29. The van der Waals surface area contributed by atoms with E-state index in [1.165, 1.54) is 0 Å². The summed E-state index contributed by atoms with van der Waals surface area (Å²) in [6.45, 7) is 0. The summed E-state index contributed by atoms with van der Waals surface area (Å²) in [6.07, 6.45) is 2.75. The van der Waals surface area contributed by atoms with Gasteiger partial charge in [-0.2, -0.15) is 0 Å². The third-order valence-corrected chi connectivity index (χ3v) is 2.60. The number of benzene rings is 1. The monoisotopic (exact) mass is 227 g/mol. The van der Waals surface area contributed by atoms with E-state index < -0.39 is 5.91 Å². The van der Waals surface area contributed by atoms with Crippen molar-refractivity contribution in [2.75, 3.05) is 0 Å². The Morgan fingerprint density at radius 2 is 2.21 bits per heavy atom. The zero-order valence-corrected chi connectivity index (χ0v) is 8.41. The van der Waals surface area contributed by atoms with Gasteiger partial charge in [0.15, 0.2) is 0 Å². The summed E-state index contributed by atoms with van der Waals surface area (Å²) in [7, 11) is 0. The molecular weight excluding hydrogens is 223 g/mol. The fraction of sp³-hybridized carbons (Fsp3) is 0. The molecule has 0 saturated heterocycles. The number of carbonyl (C=O) groups excluding carboxylic acids is 1. The van der Waals surface area contributed by atoms with Gasteiger partial charge < -0.3 is 10.7 Å². The number of hydrogen-bond acceptors (Lipinski definition) is 1. The number of rotatable bonds is 1. The highest BCUT2D eigenvalue weighted by Crippen LogP contribution is 2.31. The van der Waals surface area contributed by atoms with Crippen LogP contribution in [0.25, 0.3) is 10.9 Å². The first-order valence-electron chi connectivity index (χ1n) is 3.78. The van der Waals surface area contributed by atoms with Crippen molar-refractivity contribution >= 4 is 40.0 Å². The van der Waals surface area contributed by atoms with Gasteiger partial charge in [-0.05, 0) is 12.1 Å². The Balaban J connectivity index is 2.89. The minimum absolute atomic E-state index is 0.136. The fourth-order valence-corrected chi connectivity index (χ4v) is 1.99. The highest BCUT2D eigenvalue weighted by molar-refractivity contribution is 6.43. The summed E-state index contributed by atoms with van der Waals surface area (Å²) >= 11 is 11.8. The molecule has 1 aromatic carbocycles. The molecule has 2 aromatic rings. The van der Waals surface area contributed by atoms with Gasteiger partial charge in [0.2, 0.25) is 0 Å². The van der Waals surface area contributed by atoms with E-state index in [1.807, 2.05) is 0 Å². The number of carbonyl (C=O) groups is 1. The smallest absolute Gasteiger partial charge is 0.251 e. The zero-order chi connectivity index (χ0) is 10.3. The Morgan fingerprint density at radius 3 is 2.86 bits per heavy atom. The van der Waals surface area contributed by atoms with Crippen molar-refractivity contribution in [1.29, 1.82) is 0 Å². The third-order valence-electron chi connectivity index (χ3n) is 1.92. The van der Waals surface area contributed by atoms with Crippen LogP contribution in [-0.4, -0.2) is 10.9 Å². The van der Waals surface area contributed by atoms with Crippen LogP contribution in [0.15, 0.2) is 12.1 Å². The predicted octanol–water partition coefficient (Wildman–Crippen LogP) is 2.37. The lowest BCUT2D eigenvalue weighted by Gasteiger charge is -2.03. The Bertz CT molecular complexity index is 519. The average molecular weight is 228 g/mol. The first kappa shape index (κ1) is 9.37. The molecule has 1 aromatic heterocycles. The molecule has 0 aliphatic heterocycles. The number of hydrogen-bond donors (Lipinski definition) is 2. The van der Waals surface area contributed by atoms with E-state index in [2.05, 4.69) is 11.2 Å². The number of aromatic nitrogens is 1. The Labute approximate surface area is 89.8 Å². The highest BCUT2D eigenvalue weighted by atomic mass is 35.5. The molecule has 0 spiro atoms. The number of halogens is 2. The van der Waals surface area contributed by atoms with E-state index in [0.717, 1.165) is 5.39 Å². The fourth-order valence-electron chi connectivity index (χ4n) is 1.29. The van der Waals surface area contributed by atoms with Crippen molar-refractivity contribution in [3.63, 3.8) is 0 Å². The zero-order valence-electron chi connectivity index (χ0n) is 6.90. The lowest BCUT2D eigenvalue weighted by atomic mass is 10.1. The topological polar surface area (TPSA) is 58.9 Å². The van der Waals surface area contributed by atoms with Crippen LogP contribution in [-0.2, 0) is 0 Å². The van der Waals surface area contributed by atoms with Gasteiger partial charge in [0.25, 0.3) is 5.91 Å². The number of amides is 1. The molecule has 1 radical (unpaired) electrons. The molecule has 3 N–H and O–H groups in total. The molecular formula is C9H5Cl2N2O. The molecule has 0 aliphatic rings. The van der Waals surface area contributed by atoms with Crippen LogP contribution in [0, 0.1) is 6.20 Å². The van der Waals surface area contributed by atoms with Crippen LogP contribution >= 0.6 is 23.2 Å². The normalized spacial score (nSPS) is 10.7. The van der Waals surface area contributed by atoms with Gasteiger partial charge in [-0.1, -0.05) is 23.2 Å². The molecule has 0 aliphatic carbocycles. The second kappa shape index (κ2) is 3.19. The standard InChI is InChI=1S/C9H5Cl2N2O/c10-5-3-4-1-2-13-8(4)7(11)6(5)9(12)14/h1,3,13H,(H2,12,14). The van der Waals surface area contributed by atoms with Crippen LogP contribution in [0.5, 0.6) is 0 Å². The van der Waals surface area contributed by atoms with Gasteiger partial charge >= 0.3 is 0 Å². The van der Waals surface area contributed by atoms with Crippen LogP contribution in [0.1, 0.15) is 10.4 Å². The number of nitrogens with one attached hydrogen (secondary N) is 1. The van der Waals surface area contributed by atoms with E-state index in [1.54, 1.807) is 12.1 Å². The molecule has 14 heavy (non-hydrogen) atoms. The van der Waals surface area contributed by atoms with Crippen LogP contribution < -0.4 is 5.73 Å². The number of fused-ring (bicyclic) bond motifs is 1. The van der Waals surface area contributed by atoms with Crippen LogP contribution in [0.2, 0.25) is 10.0 Å². The second-order valence-electron chi connectivity index (χ2n) is 2.79. The van der Waals surface area contributed by atoms with Crippen LogP contribution in [0.4, 0.5) is 0 Å². The Kier molecular flexibility index (Phi) is 2.13. The van der Waals surface area contributed by atoms with E-state index in [4.69, 9.17) is 28.9 Å². The SMILES string of the molecule is NC(=O)c1c(Cl)cc2c[c][nH]c2c1Cl. The maximum Gasteiger partial charge on any atom is 0.251 e. The van der Waals surface area contributed by atoms with Crippen molar-refractivity contribution in [2.45, 2.75) is 0 Å². The minimum Gasteiger partial charge on any atom is -0.366 e. The van der Waals surface area contributed by atoms with Crippen molar-refractivity contribution in [3.8, 4) is 0 Å². The Morgan fingerprint density at radius 1 is 1.50 bits per heavy atom. The van der Waals surface area contributed by atoms with E-state index in [-0.39, 0.29) is 15.6 Å². The molecule has 0 unspecified atom stereocenters. The largest absolute Gasteiger partial charge is 0.366 e. The summed E-state index contributed by atoms with van der Waals surface area (Å²) < 4.78 is 0. The summed E-state index contributed by atoms with van der Waals surface area (Å²) in [6, 6.07) is 3.31. The first-order valence-corrected chi connectivity index (χ1v) is 4.53. The van der Waals surface area contributed by atoms with Gasteiger partial charge in [0.05, 0.1) is 27.3 Å². The van der Waals surface area contributed by atoms with Gasteiger partial charge in [0, 0.05) is 5.39 Å². The summed E-state index contributed by atoms with van der Waals surface area (Å²) in [5.41, 5.74) is 5.89. The summed E-state index contributed by atoms with van der Waals surface area (Å²) in [4.78, 5) is 13.8. The van der Waals surface area contributed by atoms with Crippen molar-refractivity contribution < 1.29 is 4.79 Å². The van der Waals surface area contributed by atoms with Gasteiger partial charge in [-0.15, -0.1) is 0 Å². The molecule has 0 saturated carbocycles. The highest BCUT2D eigenvalue weighted by Gasteiger charge is 2.15. The molecule has 3 nitrogen and oxygen atoms in total. The van der Waals surface area contributed by atoms with Crippen molar-refractivity contribution in [1.82, 2.24) is 4.98 Å². The first-order chi connectivity index (χ1) is 6.61. The van der Waals surface area contributed by atoms with E-state index in [0.29, 0.717) is 5.52 Å². The molecule has 1 heterocycles. The number of aromatic amines is 1. The van der Waals surface area contributed by atoms with E-state index in [9.17, 15) is 4.79 Å². The second-order valence-corrected chi connectivity index (χ2v) is 3.57. The van der Waals surface area contributed by atoms with Crippen molar-refractivity contribution in [2.24, 2.45) is 5.73 Å². The quantitative estimate of drug-likeness (QED) is 0.773. The summed E-state index contributed by atoms with van der Waals surface area (Å²) in [5.74, 6) is -0.642. The lowest BCUT2D eigenvalue weighted by molar-refractivity contribution is 0.100. The maximum absolute atomic E-state index is 11.0. The molecule has 71 valence electrons. The minimum atomic E-state index is -0.642. The molecule has 1 amide bonds. The molecule has 0 atom stereocenters. The third kappa shape index (κ3) is 1.25. The molecule has 5 heteroatoms. The Hall–Kier alpha value is -1.19. The van der Waals surface area contributed by atoms with Gasteiger partial charge in [0.1, 0.15) is 0 Å². The average Bonchev–Trinajstić information content (AvgIpc) is 2.50. The number of primary amides is 1. The predicted molar refractivity (Wildman–Crippen MR) is 55.7 cm³/mol. The van der Waals surface area contributed by atoms with Gasteiger partial charge in [-0.25, -0.2) is 0 Å².